The highest BCUT2D eigenvalue weighted by Gasteiger charge is 2.28. The number of rotatable bonds is 7. The van der Waals surface area contributed by atoms with Gasteiger partial charge in [-0.1, -0.05) is 38.4 Å². The van der Waals surface area contributed by atoms with E-state index >= 15 is 0 Å². The van der Waals surface area contributed by atoms with Crippen LogP contribution in [0.15, 0.2) is 52.8 Å². The molecule has 0 aliphatic carbocycles. The van der Waals surface area contributed by atoms with Crippen LogP contribution in [0.4, 0.5) is 5.82 Å². The van der Waals surface area contributed by atoms with Gasteiger partial charge in [0.15, 0.2) is 5.78 Å². The molecule has 0 aliphatic heterocycles. The van der Waals surface area contributed by atoms with Crippen LogP contribution in [-0.4, -0.2) is 31.1 Å². The summed E-state index contributed by atoms with van der Waals surface area (Å²) in [7, 11) is 0. The van der Waals surface area contributed by atoms with E-state index in [2.05, 4.69) is 10.4 Å². The molecule has 182 valence electrons. The van der Waals surface area contributed by atoms with Crippen molar-refractivity contribution in [3.63, 3.8) is 0 Å². The molecule has 0 saturated heterocycles. The molecule has 4 heterocycles. The fraction of sp³-hybridized carbons (Fsp3) is 0.250. The summed E-state index contributed by atoms with van der Waals surface area (Å²) in [5.41, 5.74) is -0.964. The summed E-state index contributed by atoms with van der Waals surface area (Å²) < 4.78 is 3.03. The highest BCUT2D eigenvalue weighted by atomic mass is 35.5. The van der Waals surface area contributed by atoms with Gasteiger partial charge in [0.1, 0.15) is 17.3 Å². The number of aromatic hydroxyl groups is 1. The van der Waals surface area contributed by atoms with Gasteiger partial charge in [-0.15, -0.1) is 22.7 Å². The molecule has 8 nitrogen and oxygen atoms in total. The highest BCUT2D eigenvalue weighted by Crippen LogP contribution is 2.27. The molecule has 0 spiro atoms. The number of nitrogens with one attached hydrogen (secondary N) is 1. The van der Waals surface area contributed by atoms with Crippen LogP contribution in [0.2, 0.25) is 4.34 Å². The molecule has 4 aromatic heterocycles. The summed E-state index contributed by atoms with van der Waals surface area (Å²) in [6.07, 6.45) is 1.22. The van der Waals surface area contributed by atoms with E-state index in [0.29, 0.717) is 21.6 Å². The van der Waals surface area contributed by atoms with Gasteiger partial charge in [-0.3, -0.25) is 14.4 Å². The SMILES string of the molecule is CC(C)(C)C(=O)n1nc(-c2cc(O)cn(CC(=O)c3cccs3)c2=O)cc1NCc1ccc(Cl)s1. The van der Waals surface area contributed by atoms with Gasteiger partial charge in [-0.05, 0) is 29.6 Å². The second kappa shape index (κ2) is 9.80. The molecule has 11 heteroatoms. The molecule has 0 aromatic carbocycles. The van der Waals surface area contributed by atoms with E-state index in [9.17, 15) is 19.5 Å². The molecule has 0 atom stereocenters. The minimum absolute atomic E-state index is 0.0756. The molecule has 0 aliphatic rings. The Morgan fingerprint density at radius 2 is 1.97 bits per heavy atom. The van der Waals surface area contributed by atoms with Crippen molar-refractivity contribution in [1.82, 2.24) is 14.3 Å². The van der Waals surface area contributed by atoms with E-state index < -0.39 is 11.0 Å². The Morgan fingerprint density at radius 3 is 2.60 bits per heavy atom. The number of thiophene rings is 2. The summed E-state index contributed by atoms with van der Waals surface area (Å²) in [4.78, 5) is 40.4. The zero-order chi connectivity index (χ0) is 25.3. The largest absolute Gasteiger partial charge is 0.506 e. The van der Waals surface area contributed by atoms with Crippen LogP contribution < -0.4 is 10.9 Å². The van der Waals surface area contributed by atoms with Crippen molar-refractivity contribution in [2.45, 2.75) is 33.9 Å². The number of pyridine rings is 1. The van der Waals surface area contributed by atoms with Crippen LogP contribution >= 0.6 is 34.3 Å². The summed E-state index contributed by atoms with van der Waals surface area (Å²) >= 11 is 8.71. The molecule has 4 rings (SSSR count). The third-order valence-corrected chi connectivity index (χ3v) is 7.22. The van der Waals surface area contributed by atoms with E-state index in [1.165, 1.54) is 39.6 Å². The Bertz CT molecular complexity index is 1440. The second-order valence-corrected chi connectivity index (χ2v) is 11.6. The first-order valence-corrected chi connectivity index (χ1v) is 12.7. The number of carbonyl (C=O) groups is 2. The van der Waals surface area contributed by atoms with Crippen LogP contribution in [0, 0.1) is 5.41 Å². The highest BCUT2D eigenvalue weighted by molar-refractivity contribution is 7.16. The first kappa shape index (κ1) is 24.9. The lowest BCUT2D eigenvalue weighted by Gasteiger charge is -2.18. The van der Waals surface area contributed by atoms with Crippen molar-refractivity contribution in [2.75, 3.05) is 5.32 Å². The van der Waals surface area contributed by atoms with Crippen LogP contribution in [0.3, 0.4) is 0 Å². The van der Waals surface area contributed by atoms with Gasteiger partial charge in [0.25, 0.3) is 11.5 Å². The Labute approximate surface area is 214 Å². The van der Waals surface area contributed by atoms with Crippen molar-refractivity contribution in [1.29, 1.82) is 0 Å². The number of Topliss-reactive ketones (excluding diaryl/α,β-unsaturated/α-hetero) is 1. The van der Waals surface area contributed by atoms with Gasteiger partial charge in [0.05, 0.1) is 27.9 Å². The number of hydrogen-bond acceptors (Lipinski definition) is 8. The zero-order valence-electron chi connectivity index (χ0n) is 19.2. The van der Waals surface area contributed by atoms with E-state index in [-0.39, 0.29) is 35.2 Å². The van der Waals surface area contributed by atoms with E-state index in [1.54, 1.807) is 50.4 Å². The van der Waals surface area contributed by atoms with Gasteiger partial charge in [-0.2, -0.15) is 9.78 Å². The quantitative estimate of drug-likeness (QED) is 0.311. The van der Waals surface area contributed by atoms with Crippen molar-refractivity contribution >= 4 is 51.8 Å². The predicted octanol–water partition coefficient (Wildman–Crippen LogP) is 5.38. The van der Waals surface area contributed by atoms with E-state index in [4.69, 9.17) is 11.6 Å². The fourth-order valence-corrected chi connectivity index (χ4v) is 5.01. The van der Waals surface area contributed by atoms with Crippen molar-refractivity contribution in [2.24, 2.45) is 5.41 Å². The lowest BCUT2D eigenvalue weighted by Crippen LogP contribution is -2.29. The van der Waals surface area contributed by atoms with Crippen LogP contribution in [0.1, 0.15) is 40.1 Å². The van der Waals surface area contributed by atoms with Gasteiger partial charge in [-0.25, -0.2) is 0 Å². The Hall–Kier alpha value is -3.21. The number of hydrogen-bond donors (Lipinski definition) is 2. The van der Waals surface area contributed by atoms with E-state index in [1.807, 2.05) is 6.07 Å². The number of ketones is 1. The lowest BCUT2D eigenvalue weighted by atomic mass is 9.96. The summed E-state index contributed by atoms with van der Waals surface area (Å²) in [6, 6.07) is 9.98. The Kier molecular flexibility index (Phi) is 6.98. The molecule has 35 heavy (non-hydrogen) atoms. The minimum Gasteiger partial charge on any atom is -0.506 e. The summed E-state index contributed by atoms with van der Waals surface area (Å²) in [5.74, 6) is -0.320. The fourth-order valence-electron chi connectivity index (χ4n) is 3.33. The number of anilines is 1. The number of halogens is 1. The molecular weight excluding hydrogens is 508 g/mol. The second-order valence-electron chi connectivity index (χ2n) is 8.89. The maximum Gasteiger partial charge on any atom is 0.260 e. The lowest BCUT2D eigenvalue weighted by molar-refractivity contribution is 0.0752. The maximum absolute atomic E-state index is 13.2. The molecule has 0 saturated carbocycles. The summed E-state index contributed by atoms with van der Waals surface area (Å²) in [5, 5.41) is 19.7. The third-order valence-electron chi connectivity index (χ3n) is 5.07. The molecule has 0 amide bonds. The van der Waals surface area contributed by atoms with Crippen molar-refractivity contribution in [3.8, 4) is 17.0 Å². The standard InChI is InChI=1S/C24H23ClN4O4S2/c1-24(2,3)23(33)29-21(26-11-15-6-7-20(25)35-15)10-17(27-29)16-9-14(30)12-28(22(16)32)13-18(31)19-5-4-8-34-19/h4-10,12,26,30H,11,13H2,1-3H3. The maximum atomic E-state index is 13.2. The first-order valence-electron chi connectivity index (χ1n) is 10.7. The average Bonchev–Trinajstić information content (AvgIpc) is 3.54. The van der Waals surface area contributed by atoms with E-state index in [0.717, 1.165) is 9.44 Å². The Balaban J connectivity index is 1.72. The number of nitrogens with zero attached hydrogens (tertiary/aromatic N) is 3. The van der Waals surface area contributed by atoms with Gasteiger partial charge in [0, 0.05) is 22.6 Å². The molecule has 0 bridgehead atoms. The number of aromatic nitrogens is 3. The third kappa shape index (κ3) is 5.55. The average molecular weight is 531 g/mol. The molecule has 2 N–H and O–H groups in total. The van der Waals surface area contributed by atoms with Crippen LogP contribution in [0.25, 0.3) is 11.3 Å². The van der Waals surface area contributed by atoms with Crippen molar-refractivity contribution in [3.05, 3.63) is 72.4 Å². The molecule has 0 fully saturated rings. The molecule has 4 aromatic rings. The number of carbonyl (C=O) groups excluding carboxylic acids is 2. The normalized spacial score (nSPS) is 11.5. The molecular formula is C24H23ClN4O4S2. The monoisotopic (exact) mass is 530 g/mol. The first-order chi connectivity index (χ1) is 16.5. The van der Waals surface area contributed by atoms with Gasteiger partial charge >= 0.3 is 0 Å². The smallest absolute Gasteiger partial charge is 0.260 e. The topological polar surface area (TPSA) is 106 Å². The predicted molar refractivity (Wildman–Crippen MR) is 139 cm³/mol. The minimum atomic E-state index is -0.738. The Morgan fingerprint density at radius 1 is 1.20 bits per heavy atom. The van der Waals surface area contributed by atoms with Crippen LogP contribution in [0.5, 0.6) is 5.75 Å². The van der Waals surface area contributed by atoms with Crippen LogP contribution in [-0.2, 0) is 13.1 Å². The summed E-state index contributed by atoms with van der Waals surface area (Å²) in [6.45, 7) is 5.50. The molecule has 0 radical (unpaired) electrons. The molecule has 0 unspecified atom stereocenters. The van der Waals surface area contributed by atoms with Crippen molar-refractivity contribution < 1.29 is 14.7 Å². The zero-order valence-corrected chi connectivity index (χ0v) is 21.6. The van der Waals surface area contributed by atoms with Gasteiger partial charge in [0.2, 0.25) is 0 Å². The van der Waals surface area contributed by atoms with Gasteiger partial charge < -0.3 is 15.0 Å².